The molecule has 0 bridgehead atoms. The fourth-order valence-corrected chi connectivity index (χ4v) is 2.59. The van der Waals surface area contributed by atoms with Crippen LogP contribution in [0.5, 0.6) is 0 Å². The molecule has 0 amide bonds. The molecular formula is C12H10BrF2N3O2. The first-order valence-electron chi connectivity index (χ1n) is 5.95. The summed E-state index contributed by atoms with van der Waals surface area (Å²) >= 11 is 2.98. The number of aliphatic hydroxyl groups excluding tert-OH is 1. The average Bonchev–Trinajstić information content (AvgIpc) is 3.05. The lowest BCUT2D eigenvalue weighted by Gasteiger charge is -2.02. The summed E-state index contributed by atoms with van der Waals surface area (Å²) in [7, 11) is 0. The Hall–Kier alpha value is -1.38. The smallest absolute Gasteiger partial charge is 0.244 e. The lowest BCUT2D eigenvalue weighted by molar-refractivity contribution is 0.191. The van der Waals surface area contributed by atoms with Crippen molar-refractivity contribution in [3.8, 4) is 11.4 Å². The summed E-state index contributed by atoms with van der Waals surface area (Å²) in [5.41, 5.74) is 0.303. The molecule has 106 valence electrons. The highest BCUT2D eigenvalue weighted by atomic mass is 79.9. The van der Waals surface area contributed by atoms with Crippen molar-refractivity contribution in [2.24, 2.45) is 0 Å². The maximum atomic E-state index is 13.5. The number of benzene rings is 1. The number of nitrogens with zero attached hydrogens (tertiary/aromatic N) is 2. The molecule has 2 aromatic rings. The van der Waals surface area contributed by atoms with Crippen LogP contribution in [0.2, 0.25) is 0 Å². The number of β-amino-alcohol motifs (C(OH)–C–C–N with tert-alkyl or cyclic N) is 1. The monoisotopic (exact) mass is 345 g/mol. The minimum absolute atomic E-state index is 0.0516. The topological polar surface area (TPSA) is 71.2 Å². The fraction of sp³-hybridized carbons (Fsp3) is 0.333. The van der Waals surface area contributed by atoms with Gasteiger partial charge in [0.1, 0.15) is 0 Å². The van der Waals surface area contributed by atoms with Crippen LogP contribution < -0.4 is 5.32 Å². The van der Waals surface area contributed by atoms with E-state index < -0.39 is 17.7 Å². The van der Waals surface area contributed by atoms with Crippen LogP contribution in [-0.4, -0.2) is 27.9 Å². The van der Waals surface area contributed by atoms with Gasteiger partial charge in [-0.1, -0.05) is 5.16 Å². The molecule has 8 heteroatoms. The molecule has 20 heavy (non-hydrogen) atoms. The Labute approximate surface area is 121 Å². The third-order valence-electron chi connectivity index (χ3n) is 3.12. The number of hydrogen-bond acceptors (Lipinski definition) is 5. The molecule has 2 atom stereocenters. The maximum Gasteiger partial charge on any atom is 0.244 e. The van der Waals surface area contributed by atoms with E-state index in [-0.39, 0.29) is 16.3 Å². The zero-order chi connectivity index (χ0) is 14.3. The second-order valence-corrected chi connectivity index (χ2v) is 5.32. The summed E-state index contributed by atoms with van der Waals surface area (Å²) in [6, 6.07) is 2.15. The van der Waals surface area contributed by atoms with Crippen LogP contribution >= 0.6 is 15.9 Å². The SMILES string of the molecule is OC1CNC(c2nc(-c3ccc(F)c(F)c3Br)no2)C1. The Balaban J connectivity index is 1.92. The van der Waals surface area contributed by atoms with Gasteiger partial charge in [0.25, 0.3) is 0 Å². The van der Waals surface area contributed by atoms with Gasteiger partial charge in [-0.3, -0.25) is 0 Å². The highest BCUT2D eigenvalue weighted by Gasteiger charge is 2.28. The zero-order valence-corrected chi connectivity index (χ0v) is 11.7. The van der Waals surface area contributed by atoms with Gasteiger partial charge < -0.3 is 14.9 Å². The number of rotatable bonds is 2. The number of halogens is 3. The summed E-state index contributed by atoms with van der Waals surface area (Å²) < 4.78 is 31.6. The van der Waals surface area contributed by atoms with Gasteiger partial charge >= 0.3 is 0 Å². The normalized spacial score (nSPS) is 22.4. The molecule has 1 saturated heterocycles. The second-order valence-electron chi connectivity index (χ2n) is 4.53. The lowest BCUT2D eigenvalue weighted by Crippen LogP contribution is -2.15. The molecule has 1 aliphatic rings. The van der Waals surface area contributed by atoms with Crippen molar-refractivity contribution < 1.29 is 18.4 Å². The van der Waals surface area contributed by atoms with Gasteiger partial charge in [-0.25, -0.2) is 8.78 Å². The van der Waals surface area contributed by atoms with E-state index in [1.807, 2.05) is 0 Å². The van der Waals surface area contributed by atoms with Crippen molar-refractivity contribution in [2.75, 3.05) is 6.54 Å². The number of nitrogens with one attached hydrogen (secondary N) is 1. The van der Waals surface area contributed by atoms with E-state index in [1.54, 1.807) is 0 Å². The summed E-state index contributed by atoms with van der Waals surface area (Å²) in [5.74, 6) is -1.48. The molecule has 2 N–H and O–H groups in total. The molecule has 0 spiro atoms. The van der Waals surface area contributed by atoms with E-state index in [9.17, 15) is 13.9 Å². The quantitative estimate of drug-likeness (QED) is 0.816. The summed E-state index contributed by atoms with van der Waals surface area (Å²) in [6.07, 6.45) is 0.0194. The lowest BCUT2D eigenvalue weighted by atomic mass is 10.2. The standard InChI is InChI=1S/C12H10BrF2N3O2/c13-9-6(1-2-7(14)10(9)15)11-17-12(20-18-11)8-3-5(19)4-16-8/h1-2,5,8,16,19H,3-4H2. The first kappa shape index (κ1) is 13.6. The predicted molar refractivity (Wildman–Crippen MR) is 68.7 cm³/mol. The molecule has 0 radical (unpaired) electrons. The van der Waals surface area contributed by atoms with Gasteiger partial charge in [-0.2, -0.15) is 4.98 Å². The van der Waals surface area contributed by atoms with Crippen LogP contribution in [0.4, 0.5) is 8.78 Å². The van der Waals surface area contributed by atoms with Crippen molar-refractivity contribution in [3.63, 3.8) is 0 Å². The van der Waals surface area contributed by atoms with Crippen LogP contribution in [0.1, 0.15) is 18.4 Å². The van der Waals surface area contributed by atoms with Crippen LogP contribution in [0, 0.1) is 11.6 Å². The molecule has 1 aromatic carbocycles. The summed E-state index contributed by atoms with van der Waals surface area (Å²) in [4.78, 5) is 4.16. The van der Waals surface area contributed by atoms with Gasteiger partial charge in [0.2, 0.25) is 11.7 Å². The van der Waals surface area contributed by atoms with E-state index >= 15 is 0 Å². The molecule has 5 nitrogen and oxygen atoms in total. The minimum atomic E-state index is -0.997. The van der Waals surface area contributed by atoms with Crippen molar-refractivity contribution in [3.05, 3.63) is 34.1 Å². The van der Waals surface area contributed by atoms with E-state index in [2.05, 4.69) is 31.4 Å². The zero-order valence-electron chi connectivity index (χ0n) is 10.1. The van der Waals surface area contributed by atoms with Crippen molar-refractivity contribution in [1.29, 1.82) is 0 Å². The third kappa shape index (κ3) is 2.34. The van der Waals surface area contributed by atoms with Gasteiger partial charge in [-0.05, 0) is 34.5 Å². The first-order valence-corrected chi connectivity index (χ1v) is 6.74. The van der Waals surface area contributed by atoms with E-state index in [1.165, 1.54) is 6.07 Å². The molecule has 1 fully saturated rings. The Morgan fingerprint density at radius 3 is 2.90 bits per heavy atom. The Morgan fingerprint density at radius 1 is 1.40 bits per heavy atom. The molecule has 1 aromatic heterocycles. The van der Waals surface area contributed by atoms with Crippen LogP contribution in [0.25, 0.3) is 11.4 Å². The number of aromatic nitrogens is 2. The first-order chi connectivity index (χ1) is 9.56. The van der Waals surface area contributed by atoms with Gasteiger partial charge in [0.05, 0.1) is 16.6 Å². The summed E-state index contributed by atoms with van der Waals surface area (Å²) in [5, 5.41) is 16.2. The number of aliphatic hydroxyl groups is 1. The maximum absolute atomic E-state index is 13.5. The minimum Gasteiger partial charge on any atom is -0.392 e. The van der Waals surface area contributed by atoms with Crippen LogP contribution in [-0.2, 0) is 0 Å². The van der Waals surface area contributed by atoms with Gasteiger partial charge in [-0.15, -0.1) is 0 Å². The van der Waals surface area contributed by atoms with E-state index in [4.69, 9.17) is 4.52 Å². The van der Waals surface area contributed by atoms with Gasteiger partial charge in [0, 0.05) is 12.1 Å². The molecule has 0 saturated carbocycles. The molecule has 0 aliphatic carbocycles. The predicted octanol–water partition coefficient (Wildman–Crippen LogP) is 2.17. The second kappa shape index (κ2) is 5.19. The highest BCUT2D eigenvalue weighted by molar-refractivity contribution is 9.10. The van der Waals surface area contributed by atoms with Crippen molar-refractivity contribution in [2.45, 2.75) is 18.6 Å². The van der Waals surface area contributed by atoms with Crippen LogP contribution in [0.3, 0.4) is 0 Å². The van der Waals surface area contributed by atoms with Crippen molar-refractivity contribution in [1.82, 2.24) is 15.5 Å². The van der Waals surface area contributed by atoms with Crippen LogP contribution in [0.15, 0.2) is 21.1 Å². The fourth-order valence-electron chi connectivity index (χ4n) is 2.09. The third-order valence-corrected chi connectivity index (χ3v) is 3.90. The Kier molecular flexibility index (Phi) is 3.53. The number of hydrogen-bond donors (Lipinski definition) is 2. The largest absolute Gasteiger partial charge is 0.392 e. The van der Waals surface area contributed by atoms with E-state index in [0.29, 0.717) is 24.4 Å². The molecule has 2 unspecified atom stereocenters. The molecular weight excluding hydrogens is 336 g/mol. The average molecular weight is 346 g/mol. The Bertz CT molecular complexity index is 650. The summed E-state index contributed by atoms with van der Waals surface area (Å²) in [6.45, 7) is 0.456. The van der Waals surface area contributed by atoms with E-state index in [0.717, 1.165) is 6.07 Å². The van der Waals surface area contributed by atoms with Gasteiger partial charge in [0.15, 0.2) is 11.6 Å². The molecule has 3 rings (SSSR count). The molecule has 1 aliphatic heterocycles. The Morgan fingerprint density at radius 2 is 2.20 bits per heavy atom. The highest BCUT2D eigenvalue weighted by Crippen LogP contribution is 2.31. The van der Waals surface area contributed by atoms with Crippen molar-refractivity contribution >= 4 is 15.9 Å². The molecule has 2 heterocycles.